The Balaban J connectivity index is 1.50. The number of carbonyl (C=O) groups is 1. The molecular weight excluding hydrogens is 674 g/mol. The van der Waals surface area contributed by atoms with Crippen LogP contribution >= 0.6 is 27.3 Å². The van der Waals surface area contributed by atoms with Gasteiger partial charge >= 0.3 is 5.97 Å². The zero-order chi connectivity index (χ0) is 33.2. The molecule has 0 amide bonds. The average Bonchev–Trinajstić information content (AvgIpc) is 3.54. The van der Waals surface area contributed by atoms with Crippen molar-refractivity contribution in [3.8, 4) is 22.6 Å². The fourth-order valence-corrected chi connectivity index (χ4v) is 7.63. The number of benzene rings is 3. The molecular formula is C38H36BrN3O4S. The highest BCUT2D eigenvalue weighted by Crippen LogP contribution is 2.38. The molecule has 0 bridgehead atoms. The SMILES string of the molecule is CCCC1=C(C(=O)OCC)[C@H](c2cc(Br)ccc2OC)n2c(s/c(=C/c3cc(C)n(-c4ccc(-c5ccccc5)cc4)c3C)c2=O)=N1. The van der Waals surface area contributed by atoms with E-state index in [1.165, 1.54) is 16.9 Å². The number of allylic oxidation sites excluding steroid dienone is 1. The van der Waals surface area contributed by atoms with Crippen LogP contribution in [0, 0.1) is 13.8 Å². The fraction of sp³-hybridized carbons (Fsp3) is 0.237. The van der Waals surface area contributed by atoms with E-state index in [1.807, 2.05) is 49.4 Å². The molecule has 2 aromatic heterocycles. The summed E-state index contributed by atoms with van der Waals surface area (Å²) in [4.78, 5) is 33.4. The van der Waals surface area contributed by atoms with Crippen LogP contribution in [0.4, 0.5) is 0 Å². The van der Waals surface area contributed by atoms with E-state index in [-0.39, 0.29) is 12.2 Å². The number of esters is 1. The summed E-state index contributed by atoms with van der Waals surface area (Å²) in [6.07, 6.45) is 3.27. The van der Waals surface area contributed by atoms with Crippen LogP contribution in [0.1, 0.15) is 55.2 Å². The number of thiazole rings is 1. The number of aromatic nitrogens is 2. The standard InChI is InChI=1S/C38H36BrN3O4S/c1-6-11-31-34(37(44)46-7-2)35(30-22-28(39)16-19-32(30)45-5)42-36(43)33(47-38(42)40-31)21-27-20-23(3)41(24(27)4)29-17-14-26(15-18-29)25-12-9-8-10-13-25/h8-10,12-22,35H,6-7,11H2,1-5H3/b33-21+/t35-/m0/s1. The minimum atomic E-state index is -0.767. The zero-order valence-electron chi connectivity index (χ0n) is 27.0. The van der Waals surface area contributed by atoms with Gasteiger partial charge in [-0.05, 0) is 86.4 Å². The molecule has 1 aliphatic rings. The lowest BCUT2D eigenvalue weighted by Gasteiger charge is -2.27. The van der Waals surface area contributed by atoms with Crippen LogP contribution in [0.15, 0.2) is 104 Å². The van der Waals surface area contributed by atoms with Crippen molar-refractivity contribution >= 4 is 39.3 Å². The normalized spacial score (nSPS) is 14.6. The lowest BCUT2D eigenvalue weighted by molar-refractivity contribution is -0.139. The predicted octanol–water partition coefficient (Wildman–Crippen LogP) is 7.42. The number of ether oxygens (including phenoxy) is 2. The van der Waals surface area contributed by atoms with Crippen LogP contribution in [0.25, 0.3) is 22.9 Å². The first-order valence-corrected chi connectivity index (χ1v) is 17.3. The second-order valence-electron chi connectivity index (χ2n) is 11.4. The van der Waals surface area contributed by atoms with Crippen LogP contribution in [-0.2, 0) is 9.53 Å². The molecule has 1 aliphatic heterocycles. The zero-order valence-corrected chi connectivity index (χ0v) is 29.4. The Bertz CT molecular complexity index is 2180. The third kappa shape index (κ3) is 6.17. The molecule has 0 unspecified atom stereocenters. The number of halogens is 1. The molecule has 1 atom stereocenters. The van der Waals surface area contributed by atoms with Gasteiger partial charge in [0.15, 0.2) is 4.80 Å². The summed E-state index contributed by atoms with van der Waals surface area (Å²) in [6.45, 7) is 8.16. The van der Waals surface area contributed by atoms with Gasteiger partial charge in [-0.2, -0.15) is 0 Å². The first kappa shape index (κ1) is 32.5. The first-order chi connectivity index (χ1) is 22.7. The van der Waals surface area contributed by atoms with E-state index in [2.05, 4.69) is 76.8 Å². The number of hydrogen-bond acceptors (Lipinski definition) is 6. The summed E-state index contributed by atoms with van der Waals surface area (Å²) in [5.41, 5.74) is 7.83. The van der Waals surface area contributed by atoms with Gasteiger partial charge in [0.2, 0.25) is 0 Å². The summed E-state index contributed by atoms with van der Waals surface area (Å²) in [7, 11) is 1.59. The van der Waals surface area contributed by atoms with Crippen molar-refractivity contribution < 1.29 is 14.3 Å². The third-order valence-corrected chi connectivity index (χ3v) is 9.84. The summed E-state index contributed by atoms with van der Waals surface area (Å²) in [5, 5.41) is 0. The Kier molecular flexibility index (Phi) is 9.47. The average molecular weight is 711 g/mol. The molecule has 240 valence electrons. The number of carbonyl (C=O) groups excluding carboxylic acids is 1. The Labute approximate surface area is 286 Å². The monoisotopic (exact) mass is 709 g/mol. The van der Waals surface area contributed by atoms with E-state index in [0.717, 1.165) is 39.1 Å². The molecule has 0 saturated carbocycles. The van der Waals surface area contributed by atoms with E-state index < -0.39 is 12.0 Å². The predicted molar refractivity (Wildman–Crippen MR) is 191 cm³/mol. The van der Waals surface area contributed by atoms with Crippen LogP contribution in [0.2, 0.25) is 0 Å². The number of aryl methyl sites for hydroxylation is 1. The van der Waals surface area contributed by atoms with Crippen LogP contribution in [0.5, 0.6) is 5.75 Å². The van der Waals surface area contributed by atoms with Gasteiger partial charge in [0.1, 0.15) is 11.8 Å². The van der Waals surface area contributed by atoms with Crippen LogP contribution in [-0.4, -0.2) is 28.8 Å². The maximum Gasteiger partial charge on any atom is 0.338 e. The van der Waals surface area contributed by atoms with Gasteiger partial charge in [-0.15, -0.1) is 0 Å². The topological polar surface area (TPSA) is 74.8 Å². The van der Waals surface area contributed by atoms with Crippen molar-refractivity contribution in [3.63, 3.8) is 0 Å². The molecule has 3 aromatic carbocycles. The van der Waals surface area contributed by atoms with Gasteiger partial charge in [-0.3, -0.25) is 9.36 Å². The number of nitrogens with zero attached hydrogens (tertiary/aromatic N) is 3. The largest absolute Gasteiger partial charge is 0.496 e. The number of hydrogen-bond donors (Lipinski definition) is 0. The summed E-state index contributed by atoms with van der Waals surface area (Å²) in [5.74, 6) is 0.0805. The van der Waals surface area contributed by atoms with Crippen LogP contribution in [0.3, 0.4) is 0 Å². The van der Waals surface area contributed by atoms with Crippen molar-refractivity contribution in [1.29, 1.82) is 0 Å². The van der Waals surface area contributed by atoms with Gasteiger partial charge in [-0.25, -0.2) is 9.79 Å². The highest BCUT2D eigenvalue weighted by Gasteiger charge is 2.36. The van der Waals surface area contributed by atoms with Gasteiger partial charge in [0.05, 0.1) is 29.5 Å². The van der Waals surface area contributed by atoms with E-state index in [1.54, 1.807) is 18.6 Å². The van der Waals surface area contributed by atoms with Gasteiger partial charge < -0.3 is 14.0 Å². The van der Waals surface area contributed by atoms with Crippen molar-refractivity contribution in [2.75, 3.05) is 13.7 Å². The Hall–Kier alpha value is -4.47. The molecule has 3 heterocycles. The Morgan fingerprint density at radius 3 is 2.40 bits per heavy atom. The fourth-order valence-electron chi connectivity index (χ4n) is 6.24. The minimum Gasteiger partial charge on any atom is -0.496 e. The van der Waals surface area contributed by atoms with Crippen molar-refractivity contribution in [2.45, 2.75) is 46.6 Å². The molecule has 6 rings (SSSR count). The van der Waals surface area contributed by atoms with Gasteiger partial charge in [-0.1, -0.05) is 83.1 Å². The molecule has 0 radical (unpaired) electrons. The molecule has 0 aliphatic carbocycles. The molecule has 47 heavy (non-hydrogen) atoms. The van der Waals surface area contributed by atoms with Gasteiger partial charge in [0, 0.05) is 27.1 Å². The van der Waals surface area contributed by atoms with E-state index >= 15 is 0 Å². The lowest BCUT2D eigenvalue weighted by atomic mass is 9.93. The second-order valence-corrected chi connectivity index (χ2v) is 13.3. The molecule has 0 spiro atoms. The van der Waals surface area contributed by atoms with Crippen molar-refractivity contribution in [2.24, 2.45) is 4.99 Å². The quantitative estimate of drug-likeness (QED) is 0.149. The van der Waals surface area contributed by atoms with E-state index in [4.69, 9.17) is 14.5 Å². The minimum absolute atomic E-state index is 0.207. The molecule has 7 nitrogen and oxygen atoms in total. The maximum absolute atomic E-state index is 14.4. The molecule has 0 saturated heterocycles. The number of rotatable bonds is 9. The Morgan fingerprint density at radius 1 is 1.00 bits per heavy atom. The van der Waals surface area contributed by atoms with E-state index in [9.17, 15) is 9.59 Å². The summed E-state index contributed by atoms with van der Waals surface area (Å²) in [6, 6.07) is 25.7. The molecule has 9 heteroatoms. The molecule has 5 aromatic rings. The highest BCUT2D eigenvalue weighted by atomic mass is 79.9. The summed E-state index contributed by atoms with van der Waals surface area (Å²) < 4.78 is 16.4. The van der Waals surface area contributed by atoms with Crippen molar-refractivity contribution in [1.82, 2.24) is 9.13 Å². The number of fused-ring (bicyclic) bond motifs is 1. The van der Waals surface area contributed by atoms with Crippen LogP contribution < -0.4 is 19.6 Å². The van der Waals surface area contributed by atoms with E-state index in [0.29, 0.717) is 38.3 Å². The molecule has 0 fully saturated rings. The number of methoxy groups -OCH3 is 1. The third-order valence-electron chi connectivity index (χ3n) is 8.37. The first-order valence-electron chi connectivity index (χ1n) is 15.7. The molecule has 0 N–H and O–H groups in total. The lowest BCUT2D eigenvalue weighted by Crippen LogP contribution is -2.40. The summed E-state index contributed by atoms with van der Waals surface area (Å²) >= 11 is 4.91. The van der Waals surface area contributed by atoms with Gasteiger partial charge in [0.25, 0.3) is 5.56 Å². The smallest absolute Gasteiger partial charge is 0.338 e. The maximum atomic E-state index is 14.4. The Morgan fingerprint density at radius 2 is 1.72 bits per heavy atom. The second kappa shape index (κ2) is 13.7. The highest BCUT2D eigenvalue weighted by molar-refractivity contribution is 9.10. The van der Waals surface area contributed by atoms with Crippen molar-refractivity contribution in [3.05, 3.63) is 137 Å².